The van der Waals surface area contributed by atoms with Crippen molar-refractivity contribution in [1.82, 2.24) is 9.71 Å². The highest BCUT2D eigenvalue weighted by Crippen LogP contribution is 2.14. The minimum absolute atomic E-state index is 0.101. The number of sulfonamides is 1. The number of aromatic nitrogens is 1. The van der Waals surface area contributed by atoms with Crippen LogP contribution in [-0.2, 0) is 23.2 Å². The van der Waals surface area contributed by atoms with Crippen LogP contribution in [0, 0.1) is 0 Å². The van der Waals surface area contributed by atoms with E-state index in [1.54, 1.807) is 31.4 Å². The summed E-state index contributed by atoms with van der Waals surface area (Å²) < 4.78 is 31.7. The molecule has 7 heteroatoms. The molecule has 0 aliphatic heterocycles. The predicted octanol–water partition coefficient (Wildman–Crippen LogP) is 0.994. The van der Waals surface area contributed by atoms with Gasteiger partial charge < -0.3 is 14.8 Å². The van der Waals surface area contributed by atoms with Crippen LogP contribution >= 0.6 is 0 Å². The monoisotopic (exact) mass is 296 g/mol. The standard InChI is InChI=1S/C13H16N2O4S/c1-19-12-4-2-3-10(5-12)7-15-20(17,18)13-6-11(9-16)14-8-13/h2-6,8,14-16H,7,9H2,1H3. The quantitative estimate of drug-likeness (QED) is 0.741. The first-order valence-electron chi connectivity index (χ1n) is 5.96. The zero-order valence-electron chi connectivity index (χ0n) is 11.0. The fourth-order valence-electron chi connectivity index (χ4n) is 1.71. The summed E-state index contributed by atoms with van der Waals surface area (Å²) >= 11 is 0. The number of aliphatic hydroxyl groups is 1. The molecule has 0 saturated heterocycles. The molecular weight excluding hydrogens is 280 g/mol. The summed E-state index contributed by atoms with van der Waals surface area (Å²) in [5.41, 5.74) is 1.25. The first kappa shape index (κ1) is 14.6. The first-order chi connectivity index (χ1) is 9.55. The van der Waals surface area contributed by atoms with Crippen molar-refractivity contribution in [3.8, 4) is 5.75 Å². The molecule has 0 spiro atoms. The fraction of sp³-hybridized carbons (Fsp3) is 0.231. The summed E-state index contributed by atoms with van der Waals surface area (Å²) in [5.74, 6) is 0.672. The van der Waals surface area contributed by atoms with E-state index in [9.17, 15) is 8.42 Å². The largest absolute Gasteiger partial charge is 0.497 e. The lowest BCUT2D eigenvalue weighted by molar-refractivity contribution is 0.277. The van der Waals surface area contributed by atoms with Crippen molar-refractivity contribution in [2.75, 3.05) is 7.11 Å². The third-order valence-corrected chi connectivity index (χ3v) is 4.18. The van der Waals surface area contributed by atoms with Crippen molar-refractivity contribution in [2.24, 2.45) is 0 Å². The van der Waals surface area contributed by atoms with E-state index in [2.05, 4.69) is 9.71 Å². The summed E-state index contributed by atoms with van der Waals surface area (Å²) in [6, 6.07) is 8.55. The number of hydrogen-bond donors (Lipinski definition) is 3. The van der Waals surface area contributed by atoms with Crippen molar-refractivity contribution in [2.45, 2.75) is 18.0 Å². The number of aliphatic hydroxyl groups excluding tert-OH is 1. The van der Waals surface area contributed by atoms with Gasteiger partial charge in [0.05, 0.1) is 18.6 Å². The van der Waals surface area contributed by atoms with Crippen LogP contribution in [0.5, 0.6) is 5.75 Å². The highest BCUT2D eigenvalue weighted by Gasteiger charge is 2.15. The maximum atomic E-state index is 12.0. The lowest BCUT2D eigenvalue weighted by Gasteiger charge is -2.06. The van der Waals surface area contributed by atoms with Crippen LogP contribution in [0.1, 0.15) is 11.3 Å². The summed E-state index contributed by atoms with van der Waals surface area (Å²) in [6.45, 7) is -0.0649. The van der Waals surface area contributed by atoms with Crippen LogP contribution in [0.25, 0.3) is 0 Å². The van der Waals surface area contributed by atoms with Gasteiger partial charge in [0.25, 0.3) is 0 Å². The SMILES string of the molecule is COc1cccc(CNS(=O)(=O)c2c[nH]c(CO)c2)c1. The second kappa shape index (κ2) is 6.08. The molecule has 1 heterocycles. The normalized spacial score (nSPS) is 11.5. The topological polar surface area (TPSA) is 91.4 Å². The molecule has 0 saturated carbocycles. The predicted molar refractivity (Wildman–Crippen MR) is 73.7 cm³/mol. The molecule has 1 aromatic heterocycles. The third kappa shape index (κ3) is 3.38. The van der Waals surface area contributed by atoms with Crippen LogP contribution in [0.2, 0.25) is 0 Å². The fourth-order valence-corrected chi connectivity index (χ4v) is 2.74. The Morgan fingerprint density at radius 1 is 1.35 bits per heavy atom. The van der Waals surface area contributed by atoms with Gasteiger partial charge in [0, 0.05) is 18.4 Å². The molecule has 108 valence electrons. The number of benzene rings is 1. The number of rotatable bonds is 6. The van der Waals surface area contributed by atoms with E-state index >= 15 is 0 Å². The maximum absolute atomic E-state index is 12.0. The molecule has 1 aromatic carbocycles. The van der Waals surface area contributed by atoms with Crippen LogP contribution < -0.4 is 9.46 Å². The molecule has 2 rings (SSSR count). The van der Waals surface area contributed by atoms with Gasteiger partial charge in [-0.05, 0) is 23.8 Å². The molecule has 0 aliphatic carbocycles. The molecule has 0 aliphatic rings. The van der Waals surface area contributed by atoms with Crippen molar-refractivity contribution >= 4 is 10.0 Å². The number of H-pyrrole nitrogens is 1. The van der Waals surface area contributed by atoms with Crippen LogP contribution in [-0.4, -0.2) is 25.6 Å². The van der Waals surface area contributed by atoms with E-state index in [4.69, 9.17) is 9.84 Å². The molecule has 2 aromatic rings. The van der Waals surface area contributed by atoms with Gasteiger partial charge in [0.1, 0.15) is 5.75 Å². The lowest BCUT2D eigenvalue weighted by atomic mass is 10.2. The van der Waals surface area contributed by atoms with Crippen molar-refractivity contribution in [3.63, 3.8) is 0 Å². The molecular formula is C13H16N2O4S. The molecule has 20 heavy (non-hydrogen) atoms. The molecule has 6 nitrogen and oxygen atoms in total. The van der Waals surface area contributed by atoms with Gasteiger partial charge in [-0.15, -0.1) is 0 Å². The summed E-state index contributed by atoms with van der Waals surface area (Å²) in [7, 11) is -2.05. The highest BCUT2D eigenvalue weighted by atomic mass is 32.2. The van der Waals surface area contributed by atoms with Crippen LogP contribution in [0.15, 0.2) is 41.4 Å². The zero-order chi connectivity index (χ0) is 14.6. The second-order valence-electron chi connectivity index (χ2n) is 4.19. The van der Waals surface area contributed by atoms with Gasteiger partial charge in [-0.2, -0.15) is 0 Å². The van der Waals surface area contributed by atoms with Crippen molar-refractivity contribution in [1.29, 1.82) is 0 Å². The Bertz CT molecular complexity index is 679. The molecule has 0 radical (unpaired) electrons. The Labute approximate surface area is 117 Å². The Hall–Kier alpha value is -1.83. The van der Waals surface area contributed by atoms with E-state index < -0.39 is 10.0 Å². The van der Waals surface area contributed by atoms with E-state index in [0.29, 0.717) is 11.4 Å². The van der Waals surface area contributed by atoms with Gasteiger partial charge in [0.2, 0.25) is 10.0 Å². The second-order valence-corrected chi connectivity index (χ2v) is 5.96. The first-order valence-corrected chi connectivity index (χ1v) is 7.44. The Balaban J connectivity index is 2.08. The van der Waals surface area contributed by atoms with Gasteiger partial charge in [0.15, 0.2) is 0 Å². The minimum Gasteiger partial charge on any atom is -0.497 e. The van der Waals surface area contributed by atoms with Crippen LogP contribution in [0.4, 0.5) is 0 Å². The summed E-state index contributed by atoms with van der Waals surface area (Å²) in [5, 5.41) is 8.92. The Kier molecular flexibility index (Phi) is 4.43. The van der Waals surface area contributed by atoms with Crippen molar-refractivity contribution < 1.29 is 18.3 Å². The summed E-state index contributed by atoms with van der Waals surface area (Å²) in [6.07, 6.45) is 1.35. The van der Waals surface area contributed by atoms with Gasteiger partial charge in [-0.1, -0.05) is 12.1 Å². The average Bonchev–Trinajstić information content (AvgIpc) is 2.95. The van der Waals surface area contributed by atoms with E-state index in [1.807, 2.05) is 0 Å². The number of nitrogens with one attached hydrogen (secondary N) is 2. The molecule has 0 unspecified atom stereocenters. The van der Waals surface area contributed by atoms with E-state index in [-0.39, 0.29) is 18.0 Å². The lowest BCUT2D eigenvalue weighted by Crippen LogP contribution is -2.22. The molecule has 3 N–H and O–H groups in total. The van der Waals surface area contributed by atoms with E-state index in [0.717, 1.165) is 5.56 Å². The molecule has 0 atom stereocenters. The summed E-state index contributed by atoms with van der Waals surface area (Å²) in [4.78, 5) is 2.79. The number of hydrogen-bond acceptors (Lipinski definition) is 4. The molecule has 0 bridgehead atoms. The smallest absolute Gasteiger partial charge is 0.242 e. The van der Waals surface area contributed by atoms with Gasteiger partial charge in [-0.3, -0.25) is 0 Å². The minimum atomic E-state index is -3.60. The number of methoxy groups -OCH3 is 1. The van der Waals surface area contributed by atoms with Crippen LogP contribution in [0.3, 0.4) is 0 Å². The van der Waals surface area contributed by atoms with E-state index in [1.165, 1.54) is 12.3 Å². The molecule has 0 fully saturated rings. The number of aromatic amines is 1. The van der Waals surface area contributed by atoms with Gasteiger partial charge in [-0.25, -0.2) is 13.1 Å². The number of ether oxygens (including phenoxy) is 1. The highest BCUT2D eigenvalue weighted by molar-refractivity contribution is 7.89. The third-order valence-electron chi connectivity index (χ3n) is 2.80. The zero-order valence-corrected chi connectivity index (χ0v) is 11.8. The Morgan fingerprint density at radius 2 is 2.15 bits per heavy atom. The van der Waals surface area contributed by atoms with Crippen molar-refractivity contribution in [3.05, 3.63) is 47.8 Å². The Morgan fingerprint density at radius 3 is 2.80 bits per heavy atom. The maximum Gasteiger partial charge on any atom is 0.242 e. The van der Waals surface area contributed by atoms with Gasteiger partial charge >= 0.3 is 0 Å². The molecule has 0 amide bonds. The average molecular weight is 296 g/mol.